The van der Waals surface area contributed by atoms with Gasteiger partial charge in [0.2, 0.25) is 0 Å². The molecule has 0 saturated heterocycles. The van der Waals surface area contributed by atoms with Crippen molar-refractivity contribution in [1.29, 1.82) is 0 Å². The SMILES string of the molecule is CCCCC1C=C(CC)C(=O)C1. The highest BCUT2D eigenvalue weighted by molar-refractivity contribution is 5.97. The lowest BCUT2D eigenvalue weighted by atomic mass is 10.0. The van der Waals surface area contributed by atoms with E-state index in [0.29, 0.717) is 11.7 Å². The summed E-state index contributed by atoms with van der Waals surface area (Å²) in [5.41, 5.74) is 1.07. The van der Waals surface area contributed by atoms with Crippen LogP contribution in [0.15, 0.2) is 11.6 Å². The number of carbonyl (C=O) groups is 1. The van der Waals surface area contributed by atoms with Crippen molar-refractivity contribution in [2.75, 3.05) is 0 Å². The summed E-state index contributed by atoms with van der Waals surface area (Å²) in [5, 5.41) is 0. The highest BCUT2D eigenvalue weighted by Crippen LogP contribution is 2.26. The Morgan fingerprint density at radius 1 is 1.50 bits per heavy atom. The quantitative estimate of drug-likeness (QED) is 0.627. The van der Waals surface area contributed by atoms with Crippen LogP contribution in [0.4, 0.5) is 0 Å². The number of unbranched alkanes of at least 4 members (excludes halogenated alkanes) is 1. The Morgan fingerprint density at radius 2 is 2.25 bits per heavy atom. The molecule has 0 radical (unpaired) electrons. The molecule has 0 aromatic heterocycles. The highest BCUT2D eigenvalue weighted by atomic mass is 16.1. The molecule has 0 aromatic rings. The molecule has 1 rings (SSSR count). The average molecular weight is 166 g/mol. The Hall–Kier alpha value is -0.590. The molecular formula is C11H18O. The van der Waals surface area contributed by atoms with Crippen LogP contribution < -0.4 is 0 Å². The maximum atomic E-state index is 11.3. The van der Waals surface area contributed by atoms with Gasteiger partial charge in [-0.15, -0.1) is 0 Å². The first-order valence-corrected chi connectivity index (χ1v) is 5.01. The molecule has 0 fully saturated rings. The number of hydrogen-bond acceptors (Lipinski definition) is 1. The molecule has 1 aliphatic rings. The van der Waals surface area contributed by atoms with Crippen LogP contribution in [0.3, 0.4) is 0 Å². The lowest BCUT2D eigenvalue weighted by molar-refractivity contribution is -0.115. The van der Waals surface area contributed by atoms with Gasteiger partial charge in [-0.05, 0) is 24.3 Å². The van der Waals surface area contributed by atoms with Crippen LogP contribution in [0.1, 0.15) is 46.0 Å². The summed E-state index contributed by atoms with van der Waals surface area (Å²) in [7, 11) is 0. The highest BCUT2D eigenvalue weighted by Gasteiger charge is 2.21. The van der Waals surface area contributed by atoms with Crippen LogP contribution in [-0.2, 0) is 4.79 Å². The van der Waals surface area contributed by atoms with E-state index in [1.807, 2.05) is 0 Å². The molecule has 12 heavy (non-hydrogen) atoms. The summed E-state index contributed by atoms with van der Waals surface area (Å²) in [6.45, 7) is 4.26. The van der Waals surface area contributed by atoms with E-state index in [4.69, 9.17) is 0 Å². The molecule has 0 N–H and O–H groups in total. The fourth-order valence-electron chi connectivity index (χ4n) is 1.77. The van der Waals surface area contributed by atoms with Crippen molar-refractivity contribution in [3.8, 4) is 0 Å². The van der Waals surface area contributed by atoms with Gasteiger partial charge >= 0.3 is 0 Å². The Kier molecular flexibility index (Phi) is 3.51. The third kappa shape index (κ3) is 2.20. The molecule has 1 atom stereocenters. The zero-order valence-corrected chi connectivity index (χ0v) is 8.10. The minimum atomic E-state index is 0.388. The van der Waals surface area contributed by atoms with Gasteiger partial charge in [-0.2, -0.15) is 0 Å². The van der Waals surface area contributed by atoms with Crippen molar-refractivity contribution in [2.45, 2.75) is 46.0 Å². The molecular weight excluding hydrogens is 148 g/mol. The monoisotopic (exact) mass is 166 g/mol. The van der Waals surface area contributed by atoms with E-state index < -0.39 is 0 Å². The molecule has 1 nitrogen and oxygen atoms in total. The first kappa shape index (κ1) is 9.50. The van der Waals surface area contributed by atoms with E-state index >= 15 is 0 Å². The molecule has 0 aliphatic heterocycles. The molecule has 68 valence electrons. The van der Waals surface area contributed by atoms with Crippen LogP contribution in [0.2, 0.25) is 0 Å². The molecule has 0 heterocycles. The minimum Gasteiger partial charge on any atom is -0.295 e. The topological polar surface area (TPSA) is 17.1 Å². The lowest BCUT2D eigenvalue weighted by Gasteiger charge is -2.02. The number of rotatable bonds is 4. The summed E-state index contributed by atoms with van der Waals surface area (Å²) < 4.78 is 0. The molecule has 0 aromatic carbocycles. The van der Waals surface area contributed by atoms with Gasteiger partial charge in [-0.3, -0.25) is 4.79 Å². The van der Waals surface area contributed by atoms with E-state index in [1.165, 1.54) is 19.3 Å². The summed E-state index contributed by atoms with van der Waals surface area (Å²) in [6, 6.07) is 0. The van der Waals surface area contributed by atoms with Gasteiger partial charge in [-0.25, -0.2) is 0 Å². The molecule has 1 heteroatoms. The van der Waals surface area contributed by atoms with E-state index in [9.17, 15) is 4.79 Å². The summed E-state index contributed by atoms with van der Waals surface area (Å²) >= 11 is 0. The number of Topliss-reactive ketones (excluding diaryl/α,β-unsaturated/α-hetero) is 1. The number of allylic oxidation sites excluding steroid dienone is 2. The Labute approximate surface area is 74.9 Å². The predicted molar refractivity (Wildman–Crippen MR) is 51.0 cm³/mol. The number of ketones is 1. The fourth-order valence-corrected chi connectivity index (χ4v) is 1.77. The zero-order valence-electron chi connectivity index (χ0n) is 8.10. The van der Waals surface area contributed by atoms with Crippen LogP contribution in [-0.4, -0.2) is 5.78 Å². The summed E-state index contributed by atoms with van der Waals surface area (Å²) in [5.74, 6) is 0.950. The Balaban J connectivity index is 2.41. The van der Waals surface area contributed by atoms with E-state index in [0.717, 1.165) is 18.4 Å². The van der Waals surface area contributed by atoms with Gasteiger partial charge in [-0.1, -0.05) is 32.8 Å². The first-order chi connectivity index (χ1) is 5.77. The number of hydrogen-bond donors (Lipinski definition) is 0. The normalized spacial score (nSPS) is 23.0. The van der Waals surface area contributed by atoms with Crippen molar-refractivity contribution in [3.63, 3.8) is 0 Å². The summed E-state index contributed by atoms with van der Waals surface area (Å²) in [6.07, 6.45) is 7.58. The van der Waals surface area contributed by atoms with Crippen LogP contribution in [0.25, 0.3) is 0 Å². The van der Waals surface area contributed by atoms with Crippen molar-refractivity contribution in [1.82, 2.24) is 0 Å². The minimum absolute atomic E-state index is 0.388. The summed E-state index contributed by atoms with van der Waals surface area (Å²) in [4.78, 5) is 11.3. The predicted octanol–water partition coefficient (Wildman–Crippen LogP) is 3.10. The van der Waals surface area contributed by atoms with E-state index in [-0.39, 0.29) is 0 Å². The van der Waals surface area contributed by atoms with Crippen LogP contribution in [0.5, 0.6) is 0 Å². The Morgan fingerprint density at radius 3 is 2.75 bits per heavy atom. The lowest BCUT2D eigenvalue weighted by Crippen LogP contribution is -1.97. The van der Waals surface area contributed by atoms with Gasteiger partial charge < -0.3 is 0 Å². The van der Waals surface area contributed by atoms with Crippen molar-refractivity contribution >= 4 is 5.78 Å². The zero-order chi connectivity index (χ0) is 8.97. The van der Waals surface area contributed by atoms with Crippen molar-refractivity contribution in [2.24, 2.45) is 5.92 Å². The van der Waals surface area contributed by atoms with E-state index in [2.05, 4.69) is 19.9 Å². The molecule has 0 bridgehead atoms. The second-order valence-electron chi connectivity index (χ2n) is 3.58. The molecule has 0 amide bonds. The average Bonchev–Trinajstić information content (AvgIpc) is 2.43. The van der Waals surface area contributed by atoms with Gasteiger partial charge in [0.05, 0.1) is 0 Å². The van der Waals surface area contributed by atoms with Gasteiger partial charge in [0.1, 0.15) is 0 Å². The van der Waals surface area contributed by atoms with Crippen LogP contribution >= 0.6 is 0 Å². The van der Waals surface area contributed by atoms with Gasteiger partial charge in [0.25, 0.3) is 0 Å². The second kappa shape index (κ2) is 4.44. The standard InChI is InChI=1S/C11H18O/c1-3-5-6-9-7-10(4-2)11(12)8-9/h7,9H,3-6,8H2,1-2H3. The first-order valence-electron chi connectivity index (χ1n) is 5.01. The van der Waals surface area contributed by atoms with E-state index in [1.54, 1.807) is 0 Å². The third-order valence-electron chi connectivity index (χ3n) is 2.55. The van der Waals surface area contributed by atoms with Crippen molar-refractivity contribution in [3.05, 3.63) is 11.6 Å². The maximum Gasteiger partial charge on any atom is 0.159 e. The smallest absolute Gasteiger partial charge is 0.159 e. The number of carbonyl (C=O) groups excluding carboxylic acids is 1. The van der Waals surface area contributed by atoms with Crippen LogP contribution in [0, 0.1) is 5.92 Å². The van der Waals surface area contributed by atoms with Gasteiger partial charge in [0.15, 0.2) is 5.78 Å². The Bertz CT molecular complexity index is 191. The largest absolute Gasteiger partial charge is 0.295 e. The second-order valence-corrected chi connectivity index (χ2v) is 3.58. The van der Waals surface area contributed by atoms with Gasteiger partial charge in [0, 0.05) is 6.42 Å². The molecule has 0 spiro atoms. The molecule has 0 saturated carbocycles. The third-order valence-corrected chi connectivity index (χ3v) is 2.55. The molecule has 1 unspecified atom stereocenters. The fraction of sp³-hybridized carbons (Fsp3) is 0.727. The molecule has 1 aliphatic carbocycles. The maximum absolute atomic E-state index is 11.3. The van der Waals surface area contributed by atoms with Crippen molar-refractivity contribution < 1.29 is 4.79 Å².